The molecule has 4 heteroatoms. The van der Waals surface area contributed by atoms with E-state index in [1.807, 2.05) is 27.7 Å². The third kappa shape index (κ3) is 3.65. The van der Waals surface area contributed by atoms with E-state index in [9.17, 15) is 4.79 Å². The summed E-state index contributed by atoms with van der Waals surface area (Å²) in [5.74, 6) is 0.396. The molecule has 0 aliphatic carbocycles. The van der Waals surface area contributed by atoms with E-state index in [4.69, 9.17) is 10.5 Å². The highest BCUT2D eigenvalue weighted by molar-refractivity contribution is 5.97. The van der Waals surface area contributed by atoms with E-state index in [0.29, 0.717) is 23.5 Å². The van der Waals surface area contributed by atoms with Crippen molar-refractivity contribution in [3.05, 3.63) is 23.8 Å². The van der Waals surface area contributed by atoms with Gasteiger partial charge in [-0.1, -0.05) is 6.92 Å². The van der Waals surface area contributed by atoms with Crippen LogP contribution < -0.4 is 15.8 Å². The molecule has 1 aromatic carbocycles. The molecule has 0 fully saturated rings. The van der Waals surface area contributed by atoms with Gasteiger partial charge in [-0.3, -0.25) is 4.79 Å². The summed E-state index contributed by atoms with van der Waals surface area (Å²) in [5.41, 5.74) is 6.53. The fourth-order valence-corrected chi connectivity index (χ4v) is 1.44. The van der Waals surface area contributed by atoms with Crippen LogP contribution >= 0.6 is 0 Å². The molecule has 1 aromatic rings. The SMILES string of the molecule is CCNC(=O)c1ccc(N)cc1OC(C)(C)CC. The summed E-state index contributed by atoms with van der Waals surface area (Å²) in [6, 6.07) is 5.10. The Labute approximate surface area is 109 Å². The first kappa shape index (κ1) is 14.4. The van der Waals surface area contributed by atoms with Crippen molar-refractivity contribution in [1.29, 1.82) is 0 Å². The van der Waals surface area contributed by atoms with Gasteiger partial charge in [-0.05, 0) is 39.3 Å². The van der Waals surface area contributed by atoms with Crippen LogP contribution in [0.25, 0.3) is 0 Å². The van der Waals surface area contributed by atoms with Crippen molar-refractivity contribution >= 4 is 11.6 Å². The number of benzene rings is 1. The summed E-state index contributed by atoms with van der Waals surface area (Å²) in [7, 11) is 0. The minimum Gasteiger partial charge on any atom is -0.487 e. The van der Waals surface area contributed by atoms with E-state index in [1.54, 1.807) is 18.2 Å². The average Bonchev–Trinajstić information content (AvgIpc) is 2.29. The molecular weight excluding hydrogens is 228 g/mol. The molecule has 0 unspecified atom stereocenters. The maximum atomic E-state index is 11.9. The number of nitrogens with one attached hydrogen (secondary N) is 1. The zero-order valence-electron chi connectivity index (χ0n) is 11.5. The molecule has 0 heterocycles. The Bertz CT molecular complexity index is 428. The number of hydrogen-bond acceptors (Lipinski definition) is 3. The van der Waals surface area contributed by atoms with Gasteiger partial charge >= 0.3 is 0 Å². The molecule has 1 rings (SSSR count). The summed E-state index contributed by atoms with van der Waals surface area (Å²) < 4.78 is 5.89. The first-order valence-corrected chi connectivity index (χ1v) is 6.26. The van der Waals surface area contributed by atoms with E-state index >= 15 is 0 Å². The number of ether oxygens (including phenoxy) is 1. The number of rotatable bonds is 5. The number of nitrogens with two attached hydrogens (primary N) is 1. The zero-order valence-corrected chi connectivity index (χ0v) is 11.5. The van der Waals surface area contributed by atoms with Gasteiger partial charge < -0.3 is 15.8 Å². The van der Waals surface area contributed by atoms with Gasteiger partial charge in [0.05, 0.1) is 5.56 Å². The number of nitrogen functional groups attached to an aromatic ring is 1. The summed E-state index contributed by atoms with van der Waals surface area (Å²) in [4.78, 5) is 11.9. The second-order valence-corrected chi connectivity index (χ2v) is 4.83. The highest BCUT2D eigenvalue weighted by Gasteiger charge is 2.21. The van der Waals surface area contributed by atoms with Crippen molar-refractivity contribution < 1.29 is 9.53 Å². The predicted octanol–water partition coefficient (Wildman–Crippen LogP) is 2.59. The van der Waals surface area contributed by atoms with Crippen molar-refractivity contribution in [3.63, 3.8) is 0 Å². The quantitative estimate of drug-likeness (QED) is 0.789. The molecule has 100 valence electrons. The molecule has 0 aliphatic rings. The van der Waals surface area contributed by atoms with Crippen LogP contribution in [-0.4, -0.2) is 18.1 Å². The fourth-order valence-electron chi connectivity index (χ4n) is 1.44. The maximum absolute atomic E-state index is 11.9. The van der Waals surface area contributed by atoms with Crippen molar-refractivity contribution in [2.75, 3.05) is 12.3 Å². The largest absolute Gasteiger partial charge is 0.487 e. The first-order valence-electron chi connectivity index (χ1n) is 6.26. The summed E-state index contributed by atoms with van der Waals surface area (Å²) in [5, 5.41) is 2.77. The highest BCUT2D eigenvalue weighted by Crippen LogP contribution is 2.27. The summed E-state index contributed by atoms with van der Waals surface area (Å²) in [6.45, 7) is 8.47. The van der Waals surface area contributed by atoms with Crippen molar-refractivity contribution in [1.82, 2.24) is 5.32 Å². The van der Waals surface area contributed by atoms with Gasteiger partial charge in [0.2, 0.25) is 0 Å². The number of carbonyl (C=O) groups is 1. The molecule has 0 aliphatic heterocycles. The Balaban J connectivity index is 3.08. The van der Waals surface area contributed by atoms with Crippen molar-refractivity contribution in [2.45, 2.75) is 39.7 Å². The van der Waals surface area contributed by atoms with Gasteiger partial charge in [0.15, 0.2) is 0 Å². The van der Waals surface area contributed by atoms with Gasteiger partial charge in [0, 0.05) is 18.3 Å². The lowest BCUT2D eigenvalue weighted by atomic mass is 10.1. The maximum Gasteiger partial charge on any atom is 0.255 e. The van der Waals surface area contributed by atoms with Crippen LogP contribution in [0.5, 0.6) is 5.75 Å². The highest BCUT2D eigenvalue weighted by atomic mass is 16.5. The lowest BCUT2D eigenvalue weighted by molar-refractivity contribution is 0.0905. The van der Waals surface area contributed by atoms with E-state index < -0.39 is 0 Å². The van der Waals surface area contributed by atoms with E-state index in [2.05, 4.69) is 5.32 Å². The molecule has 0 spiro atoms. The van der Waals surface area contributed by atoms with Crippen LogP contribution in [0.4, 0.5) is 5.69 Å². The Morgan fingerprint density at radius 2 is 2.06 bits per heavy atom. The van der Waals surface area contributed by atoms with Gasteiger partial charge in [0.1, 0.15) is 11.4 Å². The monoisotopic (exact) mass is 250 g/mol. The topological polar surface area (TPSA) is 64.4 Å². The van der Waals surface area contributed by atoms with Gasteiger partial charge in [-0.2, -0.15) is 0 Å². The predicted molar refractivity (Wildman–Crippen MR) is 73.9 cm³/mol. The van der Waals surface area contributed by atoms with Crippen LogP contribution in [0.2, 0.25) is 0 Å². The zero-order chi connectivity index (χ0) is 13.8. The molecule has 0 saturated carbocycles. The lowest BCUT2D eigenvalue weighted by Gasteiger charge is -2.26. The van der Waals surface area contributed by atoms with E-state index in [0.717, 1.165) is 6.42 Å². The van der Waals surface area contributed by atoms with E-state index in [-0.39, 0.29) is 11.5 Å². The third-order valence-corrected chi connectivity index (χ3v) is 2.83. The smallest absolute Gasteiger partial charge is 0.255 e. The molecule has 0 aromatic heterocycles. The molecule has 0 atom stereocenters. The van der Waals surface area contributed by atoms with Gasteiger partial charge in [-0.15, -0.1) is 0 Å². The molecule has 4 nitrogen and oxygen atoms in total. The lowest BCUT2D eigenvalue weighted by Crippen LogP contribution is -2.29. The average molecular weight is 250 g/mol. The van der Waals surface area contributed by atoms with Gasteiger partial charge in [-0.25, -0.2) is 0 Å². The molecule has 0 radical (unpaired) electrons. The molecule has 3 N–H and O–H groups in total. The first-order chi connectivity index (χ1) is 8.39. The molecule has 0 saturated heterocycles. The second-order valence-electron chi connectivity index (χ2n) is 4.83. The van der Waals surface area contributed by atoms with Gasteiger partial charge in [0.25, 0.3) is 5.91 Å². The summed E-state index contributed by atoms with van der Waals surface area (Å²) in [6.07, 6.45) is 0.844. The van der Waals surface area contributed by atoms with Crippen LogP contribution in [-0.2, 0) is 0 Å². The van der Waals surface area contributed by atoms with Crippen LogP contribution in [0.1, 0.15) is 44.5 Å². The number of hydrogen-bond donors (Lipinski definition) is 2. The minimum atomic E-state index is -0.324. The minimum absolute atomic E-state index is 0.139. The number of carbonyl (C=O) groups excluding carboxylic acids is 1. The van der Waals surface area contributed by atoms with Crippen molar-refractivity contribution in [2.24, 2.45) is 0 Å². The second kappa shape index (κ2) is 5.76. The normalized spacial score (nSPS) is 11.1. The Hall–Kier alpha value is -1.71. The standard InChI is InChI=1S/C14H22N2O2/c1-5-14(3,4)18-12-9-10(15)7-8-11(12)13(17)16-6-2/h7-9H,5-6,15H2,1-4H3,(H,16,17). The van der Waals surface area contributed by atoms with Crippen LogP contribution in [0, 0.1) is 0 Å². The number of amides is 1. The van der Waals surface area contributed by atoms with Crippen molar-refractivity contribution in [3.8, 4) is 5.75 Å². The Kier molecular flexibility index (Phi) is 4.59. The molecular formula is C14H22N2O2. The van der Waals surface area contributed by atoms with Crippen LogP contribution in [0.3, 0.4) is 0 Å². The summed E-state index contributed by atoms with van der Waals surface area (Å²) >= 11 is 0. The Morgan fingerprint density at radius 3 is 2.61 bits per heavy atom. The van der Waals surface area contributed by atoms with Crippen LogP contribution in [0.15, 0.2) is 18.2 Å². The fraction of sp³-hybridized carbons (Fsp3) is 0.500. The molecule has 0 bridgehead atoms. The Morgan fingerprint density at radius 1 is 1.39 bits per heavy atom. The molecule has 18 heavy (non-hydrogen) atoms. The molecule has 1 amide bonds. The number of anilines is 1. The van der Waals surface area contributed by atoms with E-state index in [1.165, 1.54) is 0 Å². The third-order valence-electron chi connectivity index (χ3n) is 2.83.